The third-order valence-corrected chi connectivity index (χ3v) is 10.8. The highest BCUT2D eigenvalue weighted by atomic mass is 16.3. The van der Waals surface area contributed by atoms with Gasteiger partial charge in [-0.15, -0.1) is 0 Å². The molecule has 10 rings (SSSR count). The molecule has 0 aliphatic carbocycles. The van der Waals surface area contributed by atoms with Crippen molar-refractivity contribution in [2.24, 2.45) is 0 Å². The molecular weight excluding hydrogens is 657 g/mol. The summed E-state index contributed by atoms with van der Waals surface area (Å²) in [6, 6.07) is 63.3. The van der Waals surface area contributed by atoms with Crippen molar-refractivity contribution in [1.82, 2.24) is 4.57 Å². The Hall–Kier alpha value is -6.84. The van der Waals surface area contributed by atoms with Crippen LogP contribution in [0.3, 0.4) is 0 Å². The Morgan fingerprint density at radius 3 is 1.80 bits per heavy atom. The Bertz CT molecular complexity index is 2940. The fourth-order valence-electron chi connectivity index (χ4n) is 8.48. The van der Waals surface area contributed by atoms with Crippen molar-refractivity contribution in [3.8, 4) is 27.9 Å². The van der Waals surface area contributed by atoms with Crippen LogP contribution in [0, 0.1) is 20.8 Å². The molecule has 0 N–H and O–H groups in total. The van der Waals surface area contributed by atoms with E-state index in [1.807, 2.05) is 0 Å². The van der Waals surface area contributed by atoms with E-state index in [0.717, 1.165) is 50.1 Å². The maximum atomic E-state index is 6.85. The zero-order valence-electron chi connectivity index (χ0n) is 30.5. The molecule has 0 fully saturated rings. The third kappa shape index (κ3) is 5.12. The summed E-state index contributed by atoms with van der Waals surface area (Å²) < 4.78 is 9.21. The number of hydrogen-bond donors (Lipinski definition) is 0. The summed E-state index contributed by atoms with van der Waals surface area (Å²) >= 11 is 0. The van der Waals surface area contributed by atoms with Gasteiger partial charge in [0, 0.05) is 33.1 Å². The Morgan fingerprint density at radius 1 is 0.481 bits per heavy atom. The Kier molecular flexibility index (Phi) is 7.48. The first-order chi connectivity index (χ1) is 26.5. The lowest BCUT2D eigenvalue weighted by molar-refractivity contribution is 0.670. The number of anilines is 3. The number of hydrogen-bond acceptors (Lipinski definition) is 2. The van der Waals surface area contributed by atoms with Crippen LogP contribution in [0.4, 0.5) is 17.1 Å². The van der Waals surface area contributed by atoms with E-state index < -0.39 is 0 Å². The average molecular weight is 695 g/mol. The van der Waals surface area contributed by atoms with Crippen molar-refractivity contribution < 1.29 is 4.42 Å². The van der Waals surface area contributed by atoms with Crippen LogP contribution in [-0.2, 0) is 0 Å². The van der Waals surface area contributed by atoms with Crippen LogP contribution in [0.5, 0.6) is 0 Å². The second-order valence-electron chi connectivity index (χ2n) is 14.4. The van der Waals surface area contributed by atoms with Crippen molar-refractivity contribution in [3.05, 3.63) is 193 Å². The zero-order chi connectivity index (χ0) is 36.3. The quantitative estimate of drug-likeness (QED) is 0.173. The van der Waals surface area contributed by atoms with Crippen molar-refractivity contribution in [2.75, 3.05) is 4.90 Å². The van der Waals surface area contributed by atoms with Crippen LogP contribution in [-0.4, -0.2) is 4.57 Å². The Balaban J connectivity index is 1.17. The van der Waals surface area contributed by atoms with Crippen LogP contribution < -0.4 is 4.90 Å². The van der Waals surface area contributed by atoms with E-state index in [9.17, 15) is 0 Å². The number of furan rings is 1. The summed E-state index contributed by atoms with van der Waals surface area (Å²) in [5.41, 5.74) is 16.9. The van der Waals surface area contributed by atoms with Crippen molar-refractivity contribution in [2.45, 2.75) is 20.8 Å². The van der Waals surface area contributed by atoms with E-state index >= 15 is 0 Å². The fraction of sp³-hybridized carbons (Fsp3) is 0.0588. The lowest BCUT2D eigenvalue weighted by Gasteiger charge is -2.30. The first-order valence-corrected chi connectivity index (χ1v) is 18.6. The smallest absolute Gasteiger partial charge is 0.145 e. The number of aryl methyl sites for hydroxylation is 3. The van der Waals surface area contributed by atoms with Gasteiger partial charge in [0.05, 0.1) is 27.8 Å². The molecule has 10 aromatic rings. The molecule has 0 atom stereocenters. The average Bonchev–Trinajstić information content (AvgIpc) is 3.76. The number of para-hydroxylation sites is 3. The maximum absolute atomic E-state index is 6.85. The van der Waals surface area contributed by atoms with Gasteiger partial charge in [-0.1, -0.05) is 109 Å². The van der Waals surface area contributed by atoms with Crippen molar-refractivity contribution in [1.29, 1.82) is 0 Å². The number of aromatic nitrogens is 1. The molecule has 3 heteroatoms. The third-order valence-electron chi connectivity index (χ3n) is 10.8. The fourth-order valence-corrected chi connectivity index (χ4v) is 8.48. The van der Waals surface area contributed by atoms with Gasteiger partial charge in [0.15, 0.2) is 0 Å². The first kappa shape index (κ1) is 31.9. The molecule has 0 saturated heterocycles. The largest absolute Gasteiger partial charge is 0.455 e. The van der Waals surface area contributed by atoms with E-state index in [0.29, 0.717) is 0 Å². The highest BCUT2D eigenvalue weighted by Gasteiger charge is 2.25. The van der Waals surface area contributed by atoms with E-state index in [-0.39, 0.29) is 0 Å². The standard InChI is InChI=1S/C51H38N2O/c1-33-14-13-17-40(30-33)53(50-34(2)31-38(32-35(50)3)36-15-5-4-6-16-36)47-29-28-41(51-49(47)44-20-9-12-23-48(44)54-51)37-24-26-39(27-25-37)52-45-21-10-7-18-42(45)43-19-8-11-22-46(43)52/h4-32H,1-3H3. The molecule has 3 nitrogen and oxygen atoms in total. The normalized spacial score (nSPS) is 11.6. The molecule has 54 heavy (non-hydrogen) atoms. The van der Waals surface area contributed by atoms with Gasteiger partial charge in [0.25, 0.3) is 0 Å². The van der Waals surface area contributed by atoms with E-state index in [1.165, 1.54) is 55.3 Å². The molecule has 2 aromatic heterocycles. The summed E-state index contributed by atoms with van der Waals surface area (Å²) in [6.45, 7) is 6.62. The molecule has 0 amide bonds. The van der Waals surface area contributed by atoms with Crippen LogP contribution in [0.15, 0.2) is 180 Å². The minimum absolute atomic E-state index is 0.875. The number of benzene rings is 8. The second kappa shape index (κ2) is 12.7. The van der Waals surface area contributed by atoms with E-state index in [4.69, 9.17) is 4.42 Å². The van der Waals surface area contributed by atoms with Crippen LogP contribution in [0.2, 0.25) is 0 Å². The Morgan fingerprint density at radius 2 is 1.11 bits per heavy atom. The molecule has 258 valence electrons. The van der Waals surface area contributed by atoms with Gasteiger partial charge in [-0.2, -0.15) is 0 Å². The highest BCUT2D eigenvalue weighted by Crippen LogP contribution is 2.48. The summed E-state index contributed by atoms with van der Waals surface area (Å²) in [4.78, 5) is 2.44. The molecule has 0 saturated carbocycles. The molecule has 0 aliphatic rings. The zero-order valence-corrected chi connectivity index (χ0v) is 30.5. The predicted molar refractivity (Wildman–Crippen MR) is 228 cm³/mol. The van der Waals surface area contributed by atoms with Gasteiger partial charge in [-0.05, 0) is 121 Å². The predicted octanol–water partition coefficient (Wildman–Crippen LogP) is 14.4. The summed E-state index contributed by atoms with van der Waals surface area (Å²) in [7, 11) is 0. The lowest BCUT2D eigenvalue weighted by Crippen LogP contribution is -2.13. The molecule has 0 unspecified atom stereocenters. The van der Waals surface area contributed by atoms with Gasteiger partial charge in [0.1, 0.15) is 11.2 Å². The number of fused-ring (bicyclic) bond motifs is 6. The SMILES string of the molecule is Cc1cccc(N(c2c(C)cc(-c3ccccc3)cc2C)c2ccc(-c3ccc(-n4c5ccccc5c5ccccc54)cc3)c3oc4ccccc4c23)c1. The molecular formula is C51H38N2O. The molecule has 0 spiro atoms. The lowest BCUT2D eigenvalue weighted by atomic mass is 9.96. The van der Waals surface area contributed by atoms with Crippen LogP contribution >= 0.6 is 0 Å². The minimum atomic E-state index is 0.875. The van der Waals surface area contributed by atoms with E-state index in [2.05, 4.69) is 206 Å². The van der Waals surface area contributed by atoms with Gasteiger partial charge >= 0.3 is 0 Å². The molecule has 2 heterocycles. The maximum Gasteiger partial charge on any atom is 0.145 e. The summed E-state index contributed by atoms with van der Waals surface area (Å²) in [5.74, 6) is 0. The molecule has 0 bridgehead atoms. The summed E-state index contributed by atoms with van der Waals surface area (Å²) in [6.07, 6.45) is 0. The van der Waals surface area contributed by atoms with Gasteiger partial charge < -0.3 is 13.9 Å². The van der Waals surface area contributed by atoms with Crippen LogP contribution in [0.25, 0.3) is 71.7 Å². The van der Waals surface area contributed by atoms with Gasteiger partial charge in [-0.25, -0.2) is 0 Å². The molecule has 0 aliphatic heterocycles. The monoisotopic (exact) mass is 694 g/mol. The second-order valence-corrected chi connectivity index (χ2v) is 14.4. The number of rotatable bonds is 6. The first-order valence-electron chi connectivity index (χ1n) is 18.6. The Labute approximate surface area is 315 Å². The van der Waals surface area contributed by atoms with Crippen molar-refractivity contribution >= 4 is 60.8 Å². The van der Waals surface area contributed by atoms with Gasteiger partial charge in [-0.3, -0.25) is 0 Å². The summed E-state index contributed by atoms with van der Waals surface area (Å²) in [5, 5.41) is 4.72. The van der Waals surface area contributed by atoms with Crippen LogP contribution in [0.1, 0.15) is 16.7 Å². The minimum Gasteiger partial charge on any atom is -0.455 e. The molecule has 0 radical (unpaired) electrons. The van der Waals surface area contributed by atoms with Gasteiger partial charge in [0.2, 0.25) is 0 Å². The topological polar surface area (TPSA) is 21.3 Å². The highest BCUT2D eigenvalue weighted by molar-refractivity contribution is 6.17. The molecule has 8 aromatic carbocycles. The van der Waals surface area contributed by atoms with E-state index in [1.54, 1.807) is 0 Å². The van der Waals surface area contributed by atoms with Crippen molar-refractivity contribution in [3.63, 3.8) is 0 Å². The number of nitrogens with zero attached hydrogens (tertiary/aromatic N) is 2.